The number of β-amino-alcohol motifs (C(OH)–C–C–N with tert-alkyl or cyclic N) is 1. The smallest absolute Gasteiger partial charge is 0.0951 e. The topological polar surface area (TPSA) is 44.5 Å². The second-order valence-electron chi connectivity index (χ2n) is 6.89. The molecule has 0 aromatic carbocycles. The van der Waals surface area contributed by atoms with E-state index in [1.807, 2.05) is 26.4 Å². The summed E-state index contributed by atoms with van der Waals surface area (Å²) in [4.78, 5) is 9.16. The second-order valence-corrected chi connectivity index (χ2v) is 6.89. The standard InChI is InChI=1S/C15H26N4O/c1-15(2,20)11-18-7-5-17(6-8-18)10-14-9-16-12-19(14)13-3-4-13/h9,12-13,20H,3-8,10-11H2,1-2H3. The van der Waals surface area contributed by atoms with Gasteiger partial charge in [0.15, 0.2) is 0 Å². The van der Waals surface area contributed by atoms with Crippen LogP contribution in [0.4, 0.5) is 0 Å². The number of rotatable bonds is 5. The molecular formula is C15H26N4O. The SMILES string of the molecule is CC(C)(O)CN1CCN(Cc2cncn2C2CC2)CC1. The Morgan fingerprint density at radius 3 is 2.45 bits per heavy atom. The lowest BCUT2D eigenvalue weighted by molar-refractivity contribution is 0.0164. The molecule has 2 aliphatic rings. The van der Waals surface area contributed by atoms with Gasteiger partial charge in [0.25, 0.3) is 0 Å². The number of piperazine rings is 1. The van der Waals surface area contributed by atoms with Crippen molar-refractivity contribution in [2.45, 2.75) is 44.9 Å². The third-order valence-electron chi connectivity index (χ3n) is 4.15. The van der Waals surface area contributed by atoms with Crippen LogP contribution in [0.1, 0.15) is 38.4 Å². The number of aromatic nitrogens is 2. The summed E-state index contributed by atoms with van der Waals surface area (Å²) in [5.41, 5.74) is 0.760. The van der Waals surface area contributed by atoms with Crippen molar-refractivity contribution in [1.82, 2.24) is 19.4 Å². The summed E-state index contributed by atoms with van der Waals surface area (Å²) in [5.74, 6) is 0. The summed E-state index contributed by atoms with van der Waals surface area (Å²) >= 11 is 0. The van der Waals surface area contributed by atoms with Crippen molar-refractivity contribution in [3.05, 3.63) is 18.2 Å². The Morgan fingerprint density at radius 2 is 1.85 bits per heavy atom. The third-order valence-corrected chi connectivity index (χ3v) is 4.15. The number of aliphatic hydroxyl groups is 1. The maximum Gasteiger partial charge on any atom is 0.0951 e. The summed E-state index contributed by atoms with van der Waals surface area (Å²) in [5, 5.41) is 9.88. The Hall–Kier alpha value is -0.910. The number of imidazole rings is 1. The molecule has 5 heteroatoms. The second kappa shape index (κ2) is 5.47. The molecule has 2 heterocycles. The van der Waals surface area contributed by atoms with Gasteiger partial charge in [-0.2, -0.15) is 0 Å². The van der Waals surface area contributed by atoms with Crippen LogP contribution in [0.15, 0.2) is 12.5 Å². The molecule has 1 aromatic heterocycles. The maximum atomic E-state index is 9.88. The normalized spacial score (nSPS) is 22.4. The maximum absolute atomic E-state index is 9.88. The van der Waals surface area contributed by atoms with E-state index in [9.17, 15) is 5.11 Å². The minimum absolute atomic E-state index is 0.591. The first-order chi connectivity index (χ1) is 9.51. The lowest BCUT2D eigenvalue weighted by Gasteiger charge is -2.37. The molecule has 5 nitrogen and oxygen atoms in total. The highest BCUT2D eigenvalue weighted by atomic mass is 16.3. The van der Waals surface area contributed by atoms with Gasteiger partial charge in [-0.05, 0) is 26.7 Å². The fourth-order valence-corrected chi connectivity index (χ4v) is 3.02. The number of hydrogen-bond acceptors (Lipinski definition) is 4. The fraction of sp³-hybridized carbons (Fsp3) is 0.800. The molecule has 0 spiro atoms. The Morgan fingerprint density at radius 1 is 1.20 bits per heavy atom. The minimum Gasteiger partial charge on any atom is -0.389 e. The van der Waals surface area contributed by atoms with E-state index < -0.39 is 5.60 Å². The lowest BCUT2D eigenvalue weighted by Crippen LogP contribution is -2.50. The monoisotopic (exact) mass is 278 g/mol. The molecule has 1 saturated heterocycles. The van der Waals surface area contributed by atoms with Gasteiger partial charge in [0.05, 0.1) is 17.6 Å². The molecule has 3 rings (SSSR count). The van der Waals surface area contributed by atoms with Crippen LogP contribution in [0.2, 0.25) is 0 Å². The van der Waals surface area contributed by atoms with E-state index in [1.54, 1.807) is 0 Å². The fourth-order valence-electron chi connectivity index (χ4n) is 3.02. The minimum atomic E-state index is -0.591. The van der Waals surface area contributed by atoms with E-state index in [4.69, 9.17) is 0 Å². The zero-order valence-electron chi connectivity index (χ0n) is 12.6. The van der Waals surface area contributed by atoms with Crippen LogP contribution in [0, 0.1) is 0 Å². The van der Waals surface area contributed by atoms with Crippen molar-refractivity contribution in [3.63, 3.8) is 0 Å². The molecule has 1 N–H and O–H groups in total. The van der Waals surface area contributed by atoms with Gasteiger partial charge in [-0.1, -0.05) is 0 Å². The van der Waals surface area contributed by atoms with Gasteiger partial charge in [-0.25, -0.2) is 4.98 Å². The van der Waals surface area contributed by atoms with E-state index in [0.717, 1.165) is 39.3 Å². The van der Waals surface area contributed by atoms with Crippen LogP contribution >= 0.6 is 0 Å². The molecule has 1 aliphatic heterocycles. The van der Waals surface area contributed by atoms with Crippen LogP contribution in [0.5, 0.6) is 0 Å². The zero-order valence-corrected chi connectivity index (χ0v) is 12.6. The molecule has 1 saturated carbocycles. The average molecular weight is 278 g/mol. The summed E-state index contributed by atoms with van der Waals surface area (Å²) < 4.78 is 2.35. The molecule has 0 radical (unpaired) electrons. The Kier molecular flexibility index (Phi) is 3.84. The van der Waals surface area contributed by atoms with Crippen LogP contribution < -0.4 is 0 Å². The molecule has 2 fully saturated rings. The van der Waals surface area contributed by atoms with Gasteiger partial charge < -0.3 is 9.67 Å². The van der Waals surface area contributed by atoms with Crippen LogP contribution in [-0.4, -0.2) is 62.8 Å². The Labute approximate surface area is 121 Å². The number of hydrogen-bond donors (Lipinski definition) is 1. The lowest BCUT2D eigenvalue weighted by atomic mass is 10.1. The van der Waals surface area contributed by atoms with Crippen molar-refractivity contribution in [2.24, 2.45) is 0 Å². The number of nitrogens with zero attached hydrogens (tertiary/aromatic N) is 4. The van der Waals surface area contributed by atoms with Crippen molar-refractivity contribution < 1.29 is 5.11 Å². The first kappa shape index (κ1) is 14.0. The van der Waals surface area contributed by atoms with E-state index >= 15 is 0 Å². The quantitative estimate of drug-likeness (QED) is 0.876. The van der Waals surface area contributed by atoms with Crippen molar-refractivity contribution in [3.8, 4) is 0 Å². The molecule has 0 bridgehead atoms. The van der Waals surface area contributed by atoms with E-state index in [-0.39, 0.29) is 0 Å². The molecule has 1 aliphatic carbocycles. The van der Waals surface area contributed by atoms with Crippen molar-refractivity contribution in [1.29, 1.82) is 0 Å². The van der Waals surface area contributed by atoms with Crippen LogP contribution in [0.25, 0.3) is 0 Å². The predicted molar refractivity (Wildman–Crippen MR) is 78.5 cm³/mol. The van der Waals surface area contributed by atoms with E-state index in [0.29, 0.717) is 6.04 Å². The third kappa shape index (κ3) is 3.59. The zero-order chi connectivity index (χ0) is 14.2. The molecule has 20 heavy (non-hydrogen) atoms. The Bertz CT molecular complexity index is 439. The molecule has 112 valence electrons. The van der Waals surface area contributed by atoms with E-state index in [2.05, 4.69) is 19.4 Å². The molecule has 0 atom stereocenters. The van der Waals surface area contributed by atoms with Gasteiger partial charge in [-0.15, -0.1) is 0 Å². The Balaban J connectivity index is 1.50. The highest BCUT2D eigenvalue weighted by Gasteiger charge is 2.27. The van der Waals surface area contributed by atoms with Crippen LogP contribution in [0.3, 0.4) is 0 Å². The van der Waals surface area contributed by atoms with Crippen LogP contribution in [-0.2, 0) is 6.54 Å². The van der Waals surface area contributed by atoms with E-state index in [1.165, 1.54) is 18.5 Å². The largest absolute Gasteiger partial charge is 0.389 e. The highest BCUT2D eigenvalue weighted by Crippen LogP contribution is 2.35. The highest BCUT2D eigenvalue weighted by molar-refractivity contribution is 5.03. The van der Waals surface area contributed by atoms with Gasteiger partial charge in [0.2, 0.25) is 0 Å². The summed E-state index contributed by atoms with van der Waals surface area (Å²) in [6.45, 7) is 9.77. The molecule has 0 amide bonds. The first-order valence-corrected chi connectivity index (χ1v) is 7.69. The molecule has 0 unspecified atom stereocenters. The van der Waals surface area contributed by atoms with Crippen molar-refractivity contribution >= 4 is 0 Å². The first-order valence-electron chi connectivity index (χ1n) is 7.69. The average Bonchev–Trinajstić information content (AvgIpc) is 3.11. The summed E-state index contributed by atoms with van der Waals surface area (Å²) in [6.07, 6.45) is 6.62. The summed E-state index contributed by atoms with van der Waals surface area (Å²) in [6, 6.07) is 0.712. The molecule has 1 aromatic rings. The predicted octanol–water partition coefficient (Wildman–Crippen LogP) is 1.11. The van der Waals surface area contributed by atoms with Gasteiger partial charge in [0, 0.05) is 51.5 Å². The van der Waals surface area contributed by atoms with Gasteiger partial charge >= 0.3 is 0 Å². The van der Waals surface area contributed by atoms with Gasteiger partial charge in [-0.3, -0.25) is 9.80 Å². The summed E-state index contributed by atoms with van der Waals surface area (Å²) in [7, 11) is 0. The molecular weight excluding hydrogens is 252 g/mol. The van der Waals surface area contributed by atoms with Gasteiger partial charge in [0.1, 0.15) is 0 Å². The van der Waals surface area contributed by atoms with Crippen molar-refractivity contribution in [2.75, 3.05) is 32.7 Å².